The van der Waals surface area contributed by atoms with E-state index < -0.39 is 23.6 Å². The largest absolute Gasteiger partial charge is 0.418 e. The Morgan fingerprint density at radius 2 is 1.82 bits per heavy atom. The number of hydrogen-bond donors (Lipinski definition) is 2. The zero-order valence-electron chi connectivity index (χ0n) is 12.0. The van der Waals surface area contributed by atoms with Gasteiger partial charge in [-0.25, -0.2) is 0 Å². The van der Waals surface area contributed by atoms with E-state index in [4.69, 9.17) is 0 Å². The Morgan fingerprint density at radius 1 is 1.14 bits per heavy atom. The van der Waals surface area contributed by atoms with Gasteiger partial charge in [-0.1, -0.05) is 18.2 Å². The van der Waals surface area contributed by atoms with Crippen molar-refractivity contribution in [2.24, 2.45) is 0 Å². The van der Waals surface area contributed by atoms with E-state index in [0.717, 1.165) is 18.2 Å². The summed E-state index contributed by atoms with van der Waals surface area (Å²) in [4.78, 5) is 22.5. The minimum Gasteiger partial charge on any atom is -0.326 e. The average molecular weight is 312 g/mol. The maximum atomic E-state index is 13.0. The van der Waals surface area contributed by atoms with Crippen molar-refractivity contribution in [3.8, 4) is 0 Å². The molecule has 0 unspecified atom stereocenters. The van der Waals surface area contributed by atoms with Crippen LogP contribution in [0.2, 0.25) is 0 Å². The van der Waals surface area contributed by atoms with E-state index in [0.29, 0.717) is 0 Å². The normalized spacial score (nSPS) is 11.9. The number of benzene rings is 1. The summed E-state index contributed by atoms with van der Waals surface area (Å²) < 4.78 is 39.1. The molecule has 118 valence electrons. The van der Waals surface area contributed by atoms with E-state index in [2.05, 4.69) is 10.6 Å². The first kappa shape index (κ1) is 17.5. The van der Waals surface area contributed by atoms with Crippen LogP contribution in [0.3, 0.4) is 0 Å². The summed E-state index contributed by atoms with van der Waals surface area (Å²) in [6.45, 7) is 2.93. The standard InChI is InChI=1S/C15H15F3N2O2/c1-3-4-5-6-14(22)20-13-8-7-11(19-10(2)21)9-12(13)15(16,17)18/h3-9H,1-2H3,(H,19,21)(H,20,22)/b4-3+,6-5+. The molecule has 0 saturated heterocycles. The van der Waals surface area contributed by atoms with E-state index in [1.54, 1.807) is 19.1 Å². The predicted molar refractivity (Wildman–Crippen MR) is 78.3 cm³/mol. The van der Waals surface area contributed by atoms with Crippen molar-refractivity contribution in [2.75, 3.05) is 10.6 Å². The monoisotopic (exact) mass is 312 g/mol. The number of carbonyl (C=O) groups is 2. The number of allylic oxidation sites excluding steroid dienone is 3. The van der Waals surface area contributed by atoms with E-state index in [1.807, 2.05) is 0 Å². The van der Waals surface area contributed by atoms with Crippen LogP contribution in [0.4, 0.5) is 24.5 Å². The Kier molecular flexibility index (Phi) is 5.91. The van der Waals surface area contributed by atoms with Gasteiger partial charge >= 0.3 is 6.18 Å². The number of halogens is 3. The zero-order valence-corrected chi connectivity index (χ0v) is 12.0. The molecule has 0 aliphatic rings. The zero-order chi connectivity index (χ0) is 16.8. The molecular weight excluding hydrogens is 297 g/mol. The number of rotatable bonds is 4. The number of carbonyl (C=O) groups excluding carboxylic acids is 2. The topological polar surface area (TPSA) is 58.2 Å². The summed E-state index contributed by atoms with van der Waals surface area (Å²) in [6.07, 6.45) is 1.11. The van der Waals surface area contributed by atoms with Crippen LogP contribution < -0.4 is 10.6 Å². The van der Waals surface area contributed by atoms with Crippen molar-refractivity contribution in [2.45, 2.75) is 20.0 Å². The van der Waals surface area contributed by atoms with Crippen LogP contribution in [-0.2, 0) is 15.8 Å². The van der Waals surface area contributed by atoms with Gasteiger partial charge in [0.25, 0.3) is 0 Å². The fraction of sp³-hybridized carbons (Fsp3) is 0.200. The van der Waals surface area contributed by atoms with Crippen molar-refractivity contribution in [1.29, 1.82) is 0 Å². The molecule has 4 nitrogen and oxygen atoms in total. The first-order valence-corrected chi connectivity index (χ1v) is 6.33. The molecule has 2 N–H and O–H groups in total. The molecule has 0 saturated carbocycles. The van der Waals surface area contributed by atoms with Gasteiger partial charge < -0.3 is 10.6 Å². The van der Waals surface area contributed by atoms with Gasteiger partial charge in [0.15, 0.2) is 0 Å². The second-order valence-electron chi connectivity index (χ2n) is 4.31. The number of nitrogens with one attached hydrogen (secondary N) is 2. The fourth-order valence-electron chi connectivity index (χ4n) is 1.60. The van der Waals surface area contributed by atoms with Crippen molar-refractivity contribution in [1.82, 2.24) is 0 Å². The molecule has 0 atom stereocenters. The molecule has 0 aromatic heterocycles. The highest BCUT2D eigenvalue weighted by Crippen LogP contribution is 2.36. The van der Waals surface area contributed by atoms with Gasteiger partial charge in [-0.3, -0.25) is 9.59 Å². The van der Waals surface area contributed by atoms with Crippen LogP contribution in [0.5, 0.6) is 0 Å². The molecule has 0 radical (unpaired) electrons. The third-order valence-corrected chi connectivity index (χ3v) is 2.45. The molecule has 1 aromatic rings. The van der Waals surface area contributed by atoms with Gasteiger partial charge in [0.1, 0.15) is 0 Å². The number of hydrogen-bond acceptors (Lipinski definition) is 2. The molecule has 22 heavy (non-hydrogen) atoms. The van der Waals surface area contributed by atoms with Crippen molar-refractivity contribution in [3.05, 3.63) is 48.1 Å². The van der Waals surface area contributed by atoms with Crippen LogP contribution in [0.1, 0.15) is 19.4 Å². The molecule has 2 amide bonds. The third-order valence-electron chi connectivity index (χ3n) is 2.45. The van der Waals surface area contributed by atoms with Gasteiger partial charge in [0.05, 0.1) is 11.3 Å². The van der Waals surface area contributed by atoms with Crippen LogP contribution in [0, 0.1) is 0 Å². The summed E-state index contributed by atoms with van der Waals surface area (Å²) in [7, 11) is 0. The maximum Gasteiger partial charge on any atom is 0.418 e. The third kappa shape index (κ3) is 5.43. The molecule has 0 bridgehead atoms. The number of amides is 2. The molecule has 7 heteroatoms. The van der Waals surface area contributed by atoms with Crippen molar-refractivity contribution in [3.63, 3.8) is 0 Å². The van der Waals surface area contributed by atoms with Crippen LogP contribution in [0.15, 0.2) is 42.5 Å². The fourth-order valence-corrected chi connectivity index (χ4v) is 1.60. The lowest BCUT2D eigenvalue weighted by molar-refractivity contribution is -0.137. The SMILES string of the molecule is C/C=C/C=C/C(=O)Nc1ccc(NC(C)=O)cc1C(F)(F)F. The van der Waals surface area contributed by atoms with Crippen molar-refractivity contribution < 1.29 is 22.8 Å². The smallest absolute Gasteiger partial charge is 0.326 e. The predicted octanol–water partition coefficient (Wildman–Crippen LogP) is 3.73. The highest BCUT2D eigenvalue weighted by molar-refractivity contribution is 6.00. The summed E-state index contributed by atoms with van der Waals surface area (Å²) >= 11 is 0. The summed E-state index contributed by atoms with van der Waals surface area (Å²) in [5.41, 5.74) is -1.41. The number of alkyl halides is 3. The molecule has 0 aliphatic heterocycles. The molecule has 0 heterocycles. The van der Waals surface area contributed by atoms with E-state index in [9.17, 15) is 22.8 Å². The molecule has 0 fully saturated rings. The summed E-state index contributed by atoms with van der Waals surface area (Å²) in [5, 5.41) is 4.43. The molecule has 1 aromatic carbocycles. The minimum atomic E-state index is -4.66. The Morgan fingerprint density at radius 3 is 2.36 bits per heavy atom. The lowest BCUT2D eigenvalue weighted by atomic mass is 10.1. The Labute approximate surface area is 125 Å². The Bertz CT molecular complexity index is 620. The molecule has 0 spiro atoms. The lowest BCUT2D eigenvalue weighted by Crippen LogP contribution is -2.16. The minimum absolute atomic E-state index is 0.00211. The van der Waals surface area contributed by atoms with E-state index in [1.165, 1.54) is 19.1 Å². The Balaban J connectivity index is 3.08. The van der Waals surface area contributed by atoms with E-state index in [-0.39, 0.29) is 11.4 Å². The van der Waals surface area contributed by atoms with Crippen LogP contribution >= 0.6 is 0 Å². The molecule has 0 aliphatic carbocycles. The highest BCUT2D eigenvalue weighted by Gasteiger charge is 2.34. The molecule has 1 rings (SSSR count). The first-order chi connectivity index (χ1) is 10.2. The van der Waals surface area contributed by atoms with Gasteiger partial charge in [0.2, 0.25) is 11.8 Å². The van der Waals surface area contributed by atoms with E-state index >= 15 is 0 Å². The van der Waals surface area contributed by atoms with Gasteiger partial charge in [-0.15, -0.1) is 0 Å². The number of anilines is 2. The van der Waals surface area contributed by atoms with Gasteiger partial charge in [-0.05, 0) is 25.1 Å². The second kappa shape index (κ2) is 7.44. The van der Waals surface area contributed by atoms with Crippen LogP contribution in [-0.4, -0.2) is 11.8 Å². The lowest BCUT2D eigenvalue weighted by Gasteiger charge is -2.14. The van der Waals surface area contributed by atoms with Gasteiger partial charge in [0, 0.05) is 18.7 Å². The van der Waals surface area contributed by atoms with Gasteiger partial charge in [-0.2, -0.15) is 13.2 Å². The summed E-state index contributed by atoms with van der Waals surface area (Å²) in [5.74, 6) is -1.17. The summed E-state index contributed by atoms with van der Waals surface area (Å²) in [6, 6.07) is 3.14. The maximum absolute atomic E-state index is 13.0. The first-order valence-electron chi connectivity index (χ1n) is 6.33. The quantitative estimate of drug-likeness (QED) is 0.657. The highest BCUT2D eigenvalue weighted by atomic mass is 19.4. The Hall–Kier alpha value is -2.57. The average Bonchev–Trinajstić information content (AvgIpc) is 2.39. The molecular formula is C15H15F3N2O2. The second-order valence-corrected chi connectivity index (χ2v) is 4.31. The van der Waals surface area contributed by atoms with Crippen molar-refractivity contribution >= 4 is 23.2 Å². The van der Waals surface area contributed by atoms with Crippen LogP contribution in [0.25, 0.3) is 0 Å².